The zero-order valence-electron chi connectivity index (χ0n) is 23.0. The first kappa shape index (κ1) is 28.2. The highest BCUT2D eigenvalue weighted by atomic mass is 16.5. The topological polar surface area (TPSA) is 30.3 Å². The number of aromatic nitrogens is 2. The Balaban J connectivity index is 1.47. The Labute approximate surface area is 215 Å². The number of ether oxygens (including phenoxy) is 1. The third-order valence-corrected chi connectivity index (χ3v) is 7.80. The fourth-order valence-corrected chi connectivity index (χ4v) is 5.72. The molecule has 1 aliphatic rings. The lowest BCUT2D eigenvalue weighted by molar-refractivity contribution is 0.0369. The van der Waals surface area contributed by atoms with Crippen molar-refractivity contribution in [2.24, 2.45) is 0 Å². The van der Waals surface area contributed by atoms with Gasteiger partial charge in [-0.1, -0.05) is 103 Å². The minimum Gasteiger partial charge on any atom is -0.379 e. The van der Waals surface area contributed by atoms with Crippen molar-refractivity contribution in [1.29, 1.82) is 0 Å². The van der Waals surface area contributed by atoms with Gasteiger partial charge in [0, 0.05) is 32.1 Å². The zero-order chi connectivity index (χ0) is 24.6. The van der Waals surface area contributed by atoms with Crippen molar-refractivity contribution >= 4 is 11.0 Å². The van der Waals surface area contributed by atoms with Crippen LogP contribution in [-0.4, -0.2) is 47.3 Å². The van der Waals surface area contributed by atoms with E-state index in [0.29, 0.717) is 5.92 Å². The van der Waals surface area contributed by atoms with Gasteiger partial charge in [0.1, 0.15) is 5.82 Å². The number of hydrogen-bond donors (Lipinski definition) is 0. The second kappa shape index (κ2) is 17.1. The van der Waals surface area contributed by atoms with E-state index in [-0.39, 0.29) is 0 Å². The number of fused-ring (bicyclic) bond motifs is 1. The number of nitrogens with zero attached hydrogens (tertiary/aromatic N) is 3. The average Bonchev–Trinajstić information content (AvgIpc) is 3.25. The van der Waals surface area contributed by atoms with Crippen LogP contribution in [0.4, 0.5) is 0 Å². The first-order chi connectivity index (χ1) is 17.3. The second-order valence-electron chi connectivity index (χ2n) is 10.7. The molecule has 3 rings (SSSR count). The molecule has 0 amide bonds. The van der Waals surface area contributed by atoms with E-state index in [1.807, 2.05) is 0 Å². The molecule has 1 saturated heterocycles. The standard InChI is InChI=1S/C31H53N3O/c1-3-5-6-7-8-9-10-11-12-13-14-19-28(18-4-2)31-32-29-20-15-16-21-30(29)34(31)23-17-22-33-24-26-35-27-25-33/h15-16,20-21,28H,3-14,17-19,22-27H2,1-2H3. The number of rotatable bonds is 19. The van der Waals surface area contributed by atoms with E-state index in [2.05, 4.69) is 47.6 Å². The molecule has 1 unspecified atom stereocenters. The van der Waals surface area contributed by atoms with Gasteiger partial charge in [-0.2, -0.15) is 0 Å². The van der Waals surface area contributed by atoms with Crippen LogP contribution in [0, 0.1) is 0 Å². The molecule has 0 saturated carbocycles. The van der Waals surface area contributed by atoms with Crippen LogP contribution < -0.4 is 0 Å². The van der Waals surface area contributed by atoms with Crippen molar-refractivity contribution in [3.63, 3.8) is 0 Å². The van der Waals surface area contributed by atoms with Gasteiger partial charge in [0.15, 0.2) is 0 Å². The van der Waals surface area contributed by atoms with Crippen molar-refractivity contribution in [1.82, 2.24) is 14.5 Å². The number of aryl methyl sites for hydroxylation is 1. The van der Waals surface area contributed by atoms with Crippen LogP contribution in [0.15, 0.2) is 24.3 Å². The van der Waals surface area contributed by atoms with Gasteiger partial charge in [0.25, 0.3) is 0 Å². The maximum atomic E-state index is 5.52. The maximum absolute atomic E-state index is 5.52. The molecular weight excluding hydrogens is 430 g/mol. The highest BCUT2D eigenvalue weighted by Gasteiger charge is 2.20. The fourth-order valence-electron chi connectivity index (χ4n) is 5.72. The monoisotopic (exact) mass is 483 g/mol. The maximum Gasteiger partial charge on any atom is 0.112 e. The third-order valence-electron chi connectivity index (χ3n) is 7.80. The van der Waals surface area contributed by atoms with Crippen LogP contribution in [0.25, 0.3) is 11.0 Å². The Hall–Kier alpha value is -1.39. The molecule has 1 aromatic heterocycles. The van der Waals surface area contributed by atoms with Crippen molar-refractivity contribution < 1.29 is 4.74 Å². The molecule has 1 aromatic carbocycles. The molecule has 2 aromatic rings. The van der Waals surface area contributed by atoms with E-state index >= 15 is 0 Å². The minimum atomic E-state index is 0.592. The summed E-state index contributed by atoms with van der Waals surface area (Å²) in [6, 6.07) is 8.77. The summed E-state index contributed by atoms with van der Waals surface area (Å²) in [4.78, 5) is 7.75. The van der Waals surface area contributed by atoms with Crippen LogP contribution in [-0.2, 0) is 11.3 Å². The van der Waals surface area contributed by atoms with Gasteiger partial charge < -0.3 is 9.30 Å². The number of morpholine rings is 1. The molecule has 0 N–H and O–H groups in total. The van der Waals surface area contributed by atoms with Gasteiger partial charge in [-0.15, -0.1) is 0 Å². The molecular formula is C31H53N3O. The van der Waals surface area contributed by atoms with Crippen LogP contribution in [0.1, 0.15) is 122 Å². The molecule has 35 heavy (non-hydrogen) atoms. The Morgan fingerprint density at radius 1 is 0.743 bits per heavy atom. The molecule has 4 nitrogen and oxygen atoms in total. The predicted molar refractivity (Wildman–Crippen MR) is 150 cm³/mol. The fraction of sp³-hybridized carbons (Fsp3) is 0.774. The number of imidazole rings is 1. The molecule has 0 aliphatic carbocycles. The lowest BCUT2D eigenvalue weighted by Crippen LogP contribution is -2.37. The first-order valence-electron chi connectivity index (χ1n) is 15.1. The van der Waals surface area contributed by atoms with Crippen LogP contribution in [0.5, 0.6) is 0 Å². The Bertz CT molecular complexity index is 796. The molecule has 0 radical (unpaired) electrons. The summed E-state index contributed by atoms with van der Waals surface area (Å²) < 4.78 is 8.09. The SMILES string of the molecule is CCCCCCCCCCCCCC(CCC)c1nc2ccccc2n1CCCN1CCOCC1. The molecule has 1 aliphatic heterocycles. The average molecular weight is 484 g/mol. The summed E-state index contributed by atoms with van der Waals surface area (Å²) in [7, 11) is 0. The van der Waals surface area contributed by atoms with E-state index in [0.717, 1.165) is 39.4 Å². The number of hydrogen-bond acceptors (Lipinski definition) is 3. The Morgan fingerprint density at radius 3 is 2.09 bits per heavy atom. The Kier molecular flexibility index (Phi) is 13.8. The van der Waals surface area contributed by atoms with Crippen molar-refractivity contribution in [3.05, 3.63) is 30.1 Å². The van der Waals surface area contributed by atoms with Crippen molar-refractivity contribution in [2.75, 3.05) is 32.8 Å². The number of para-hydroxylation sites is 2. The normalized spacial score (nSPS) is 15.7. The Morgan fingerprint density at radius 2 is 1.40 bits per heavy atom. The largest absolute Gasteiger partial charge is 0.379 e. The summed E-state index contributed by atoms with van der Waals surface area (Å²) >= 11 is 0. The van der Waals surface area contributed by atoms with E-state index in [9.17, 15) is 0 Å². The molecule has 0 spiro atoms. The zero-order valence-corrected chi connectivity index (χ0v) is 23.0. The van der Waals surface area contributed by atoms with Gasteiger partial charge in [-0.25, -0.2) is 4.98 Å². The lowest BCUT2D eigenvalue weighted by Gasteiger charge is -2.26. The van der Waals surface area contributed by atoms with E-state index in [1.165, 1.54) is 113 Å². The highest BCUT2D eigenvalue weighted by molar-refractivity contribution is 5.76. The van der Waals surface area contributed by atoms with Crippen LogP contribution >= 0.6 is 0 Å². The molecule has 2 heterocycles. The van der Waals surface area contributed by atoms with E-state index in [4.69, 9.17) is 9.72 Å². The smallest absolute Gasteiger partial charge is 0.112 e. The summed E-state index contributed by atoms with van der Waals surface area (Å²) in [5, 5.41) is 0. The summed E-state index contributed by atoms with van der Waals surface area (Å²) in [6.45, 7) is 10.8. The van der Waals surface area contributed by atoms with Crippen molar-refractivity contribution in [2.45, 2.75) is 123 Å². The van der Waals surface area contributed by atoms with Crippen LogP contribution in [0.2, 0.25) is 0 Å². The van der Waals surface area contributed by atoms with Gasteiger partial charge in [0.05, 0.1) is 24.2 Å². The summed E-state index contributed by atoms with van der Waals surface area (Å²) in [5.41, 5.74) is 2.50. The summed E-state index contributed by atoms with van der Waals surface area (Å²) in [5.74, 6) is 1.94. The van der Waals surface area contributed by atoms with E-state index < -0.39 is 0 Å². The van der Waals surface area contributed by atoms with Gasteiger partial charge in [0.2, 0.25) is 0 Å². The van der Waals surface area contributed by atoms with Gasteiger partial charge in [-0.3, -0.25) is 4.90 Å². The van der Waals surface area contributed by atoms with Gasteiger partial charge >= 0.3 is 0 Å². The molecule has 4 heteroatoms. The molecule has 1 fully saturated rings. The quantitative estimate of drug-likeness (QED) is 0.188. The van der Waals surface area contributed by atoms with Crippen LogP contribution in [0.3, 0.4) is 0 Å². The minimum absolute atomic E-state index is 0.592. The lowest BCUT2D eigenvalue weighted by atomic mass is 9.95. The van der Waals surface area contributed by atoms with E-state index in [1.54, 1.807) is 0 Å². The third kappa shape index (κ3) is 9.88. The second-order valence-corrected chi connectivity index (χ2v) is 10.7. The highest BCUT2D eigenvalue weighted by Crippen LogP contribution is 2.30. The predicted octanol–water partition coefficient (Wildman–Crippen LogP) is 8.34. The number of benzene rings is 1. The van der Waals surface area contributed by atoms with Crippen molar-refractivity contribution in [3.8, 4) is 0 Å². The molecule has 0 bridgehead atoms. The molecule has 198 valence electrons. The van der Waals surface area contributed by atoms with Gasteiger partial charge in [-0.05, 0) is 31.4 Å². The molecule has 1 atom stereocenters. The summed E-state index contributed by atoms with van der Waals surface area (Å²) in [6.07, 6.45) is 20.5. The first-order valence-corrected chi connectivity index (χ1v) is 15.1. The number of unbranched alkanes of at least 4 members (excludes halogenated alkanes) is 10.